The topological polar surface area (TPSA) is 34.9 Å². The Balaban J connectivity index is 2.42. The number of nitrogens with zero attached hydrogens (tertiary/aromatic N) is 2. The van der Waals surface area contributed by atoms with Gasteiger partial charge in [0.15, 0.2) is 0 Å². The van der Waals surface area contributed by atoms with Gasteiger partial charge in [-0.1, -0.05) is 24.3 Å². The van der Waals surface area contributed by atoms with E-state index in [-0.39, 0.29) is 0 Å². The van der Waals surface area contributed by atoms with Gasteiger partial charge in [0.25, 0.3) is 0 Å². The van der Waals surface area contributed by atoms with Gasteiger partial charge in [0.05, 0.1) is 17.1 Å². The van der Waals surface area contributed by atoms with Crippen molar-refractivity contribution >= 4 is 11.9 Å². The van der Waals surface area contributed by atoms with E-state index in [0.29, 0.717) is 12.8 Å². The molecule has 0 bridgehead atoms. The van der Waals surface area contributed by atoms with E-state index in [1.807, 2.05) is 29.8 Å². The maximum Gasteiger partial charge on any atom is 0.120 e. The molecule has 0 aliphatic rings. The molecule has 0 unspecified atom stereocenters. The van der Waals surface area contributed by atoms with Crippen LogP contribution in [-0.2, 0) is 11.2 Å². The monoisotopic (exact) mass is 254 g/mol. The first-order chi connectivity index (χ1) is 9.11. The highest BCUT2D eigenvalue weighted by molar-refractivity contribution is 5.61. The number of hydrogen-bond acceptors (Lipinski definition) is 2. The molecule has 0 amide bonds. The number of hydrogen-bond donors (Lipinski definition) is 0. The minimum Gasteiger partial charge on any atom is -0.303 e. The Hall–Kier alpha value is -2.16. The van der Waals surface area contributed by atoms with Crippen molar-refractivity contribution in [2.24, 2.45) is 0 Å². The van der Waals surface area contributed by atoms with Crippen LogP contribution in [0, 0.1) is 6.92 Å². The Morgan fingerprint density at radius 2 is 2.05 bits per heavy atom. The zero-order chi connectivity index (χ0) is 13.8. The number of aryl methyl sites for hydroxylation is 2. The third kappa shape index (κ3) is 2.99. The van der Waals surface area contributed by atoms with Gasteiger partial charge in [0.2, 0.25) is 0 Å². The number of benzene rings is 1. The third-order valence-electron chi connectivity index (χ3n) is 2.99. The highest BCUT2D eigenvalue weighted by Crippen LogP contribution is 2.19. The molecule has 0 saturated heterocycles. The quantitative estimate of drug-likeness (QED) is 0.767. The van der Waals surface area contributed by atoms with E-state index in [1.165, 1.54) is 5.56 Å². The van der Waals surface area contributed by atoms with Crippen LogP contribution in [-0.4, -0.2) is 16.1 Å². The summed E-state index contributed by atoms with van der Waals surface area (Å²) in [6.07, 6.45) is 2.09. The van der Waals surface area contributed by atoms with Crippen molar-refractivity contribution in [3.05, 3.63) is 53.9 Å². The minimum absolute atomic E-state index is 0.501. The maximum atomic E-state index is 10.5. The molecule has 0 aliphatic carbocycles. The Kier molecular flexibility index (Phi) is 3.95. The Bertz CT molecular complexity index is 594. The number of aldehydes is 1. The van der Waals surface area contributed by atoms with Gasteiger partial charge in [-0.25, -0.2) is 4.68 Å². The number of carbonyl (C=O) groups is 1. The molecule has 0 spiro atoms. The van der Waals surface area contributed by atoms with Crippen LogP contribution in [0.4, 0.5) is 0 Å². The lowest BCUT2D eigenvalue weighted by molar-refractivity contribution is -0.107. The molecular weight excluding hydrogens is 236 g/mol. The van der Waals surface area contributed by atoms with E-state index in [1.54, 1.807) is 0 Å². The summed E-state index contributed by atoms with van der Waals surface area (Å²) in [7, 11) is 0. The predicted molar refractivity (Wildman–Crippen MR) is 77.4 cm³/mol. The average Bonchev–Trinajstić information content (AvgIpc) is 2.81. The largest absolute Gasteiger partial charge is 0.303 e. The Labute approximate surface area is 113 Å². The van der Waals surface area contributed by atoms with Crippen molar-refractivity contribution in [2.45, 2.75) is 26.7 Å². The maximum absolute atomic E-state index is 10.5. The number of rotatable bonds is 5. The predicted octanol–water partition coefficient (Wildman–Crippen LogP) is 3.35. The van der Waals surface area contributed by atoms with Gasteiger partial charge < -0.3 is 4.79 Å². The Morgan fingerprint density at radius 3 is 2.63 bits per heavy atom. The van der Waals surface area contributed by atoms with Gasteiger partial charge in [-0.15, -0.1) is 0 Å². The fourth-order valence-electron chi connectivity index (χ4n) is 1.95. The van der Waals surface area contributed by atoms with E-state index in [2.05, 4.69) is 30.7 Å². The van der Waals surface area contributed by atoms with Crippen LogP contribution in [0.25, 0.3) is 11.3 Å². The molecular formula is C16H18N2O. The molecule has 0 fully saturated rings. The molecule has 0 N–H and O–H groups in total. The van der Waals surface area contributed by atoms with Gasteiger partial charge in [0.1, 0.15) is 6.29 Å². The summed E-state index contributed by atoms with van der Waals surface area (Å²) in [6, 6.07) is 10.2. The lowest BCUT2D eigenvalue weighted by atomic mass is 10.2. The van der Waals surface area contributed by atoms with Gasteiger partial charge in [-0.05, 0) is 44.0 Å². The zero-order valence-electron chi connectivity index (χ0n) is 11.4. The standard InChI is InChI=1S/C16H18N2O/c1-12(2)16-11-14(5-4-10-19)17-18(16)15-8-6-13(3)7-9-15/h6-11H,1,4-5H2,2-3H3. The van der Waals surface area contributed by atoms with Crippen LogP contribution < -0.4 is 0 Å². The fraction of sp³-hybridized carbons (Fsp3) is 0.250. The van der Waals surface area contributed by atoms with Crippen molar-refractivity contribution in [2.75, 3.05) is 0 Å². The summed E-state index contributed by atoms with van der Waals surface area (Å²) in [5, 5.41) is 4.57. The van der Waals surface area contributed by atoms with Crippen LogP contribution in [0.2, 0.25) is 0 Å². The molecule has 3 heteroatoms. The molecule has 2 aromatic rings. The molecule has 0 aliphatic heterocycles. The van der Waals surface area contributed by atoms with Crippen molar-refractivity contribution in [1.82, 2.24) is 9.78 Å². The summed E-state index contributed by atoms with van der Waals surface area (Å²) in [4.78, 5) is 10.5. The van der Waals surface area contributed by atoms with E-state index in [0.717, 1.165) is 28.9 Å². The number of aromatic nitrogens is 2. The summed E-state index contributed by atoms with van der Waals surface area (Å²) in [6.45, 7) is 8.01. The summed E-state index contributed by atoms with van der Waals surface area (Å²) < 4.78 is 1.89. The SMILES string of the molecule is C=C(C)c1cc(CCC=O)nn1-c1ccc(C)cc1. The van der Waals surface area contributed by atoms with Crippen LogP contribution in [0.3, 0.4) is 0 Å². The van der Waals surface area contributed by atoms with E-state index < -0.39 is 0 Å². The van der Waals surface area contributed by atoms with Crippen LogP contribution in [0.15, 0.2) is 36.9 Å². The molecule has 0 saturated carbocycles. The minimum atomic E-state index is 0.501. The van der Waals surface area contributed by atoms with Crippen molar-refractivity contribution in [3.8, 4) is 5.69 Å². The van der Waals surface area contributed by atoms with Gasteiger partial charge in [-0.3, -0.25) is 0 Å². The van der Waals surface area contributed by atoms with Gasteiger partial charge in [0, 0.05) is 6.42 Å². The Morgan fingerprint density at radius 1 is 1.37 bits per heavy atom. The second kappa shape index (κ2) is 5.65. The number of allylic oxidation sites excluding steroid dienone is 1. The van der Waals surface area contributed by atoms with Gasteiger partial charge >= 0.3 is 0 Å². The molecule has 1 heterocycles. The zero-order valence-corrected chi connectivity index (χ0v) is 11.4. The van der Waals surface area contributed by atoms with Crippen molar-refractivity contribution < 1.29 is 4.79 Å². The summed E-state index contributed by atoms with van der Waals surface area (Å²) in [5.74, 6) is 0. The average molecular weight is 254 g/mol. The smallest absolute Gasteiger partial charge is 0.120 e. The van der Waals surface area contributed by atoms with Crippen molar-refractivity contribution in [1.29, 1.82) is 0 Å². The molecule has 3 nitrogen and oxygen atoms in total. The lowest BCUT2D eigenvalue weighted by Gasteiger charge is -2.07. The van der Waals surface area contributed by atoms with E-state index >= 15 is 0 Å². The van der Waals surface area contributed by atoms with Crippen LogP contribution >= 0.6 is 0 Å². The fourth-order valence-corrected chi connectivity index (χ4v) is 1.95. The molecule has 1 aromatic heterocycles. The molecule has 98 valence electrons. The third-order valence-corrected chi connectivity index (χ3v) is 2.99. The molecule has 0 atom stereocenters. The summed E-state index contributed by atoms with van der Waals surface area (Å²) in [5.41, 5.74) is 5.11. The molecule has 0 radical (unpaired) electrons. The second-order valence-corrected chi connectivity index (χ2v) is 4.75. The highest BCUT2D eigenvalue weighted by Gasteiger charge is 2.10. The van der Waals surface area contributed by atoms with Crippen LogP contribution in [0.1, 0.15) is 30.3 Å². The van der Waals surface area contributed by atoms with E-state index in [9.17, 15) is 4.79 Å². The van der Waals surface area contributed by atoms with E-state index in [4.69, 9.17) is 0 Å². The van der Waals surface area contributed by atoms with Gasteiger partial charge in [-0.2, -0.15) is 5.10 Å². The molecule has 2 rings (SSSR count). The highest BCUT2D eigenvalue weighted by atomic mass is 16.1. The second-order valence-electron chi connectivity index (χ2n) is 4.75. The first-order valence-corrected chi connectivity index (χ1v) is 6.37. The molecule has 19 heavy (non-hydrogen) atoms. The first kappa shape index (κ1) is 13.3. The lowest BCUT2D eigenvalue weighted by Crippen LogP contribution is -2.01. The summed E-state index contributed by atoms with van der Waals surface area (Å²) >= 11 is 0. The first-order valence-electron chi connectivity index (χ1n) is 6.37. The number of carbonyl (C=O) groups excluding carboxylic acids is 1. The normalized spacial score (nSPS) is 10.4. The van der Waals surface area contributed by atoms with Crippen molar-refractivity contribution in [3.63, 3.8) is 0 Å². The molecule has 1 aromatic carbocycles. The van der Waals surface area contributed by atoms with Crippen LogP contribution in [0.5, 0.6) is 0 Å².